The van der Waals surface area contributed by atoms with Crippen LogP contribution in [0, 0.1) is 0 Å². The predicted octanol–water partition coefficient (Wildman–Crippen LogP) is 9.28. The van der Waals surface area contributed by atoms with Gasteiger partial charge in [0.15, 0.2) is 0 Å². The maximum Gasteiger partial charge on any atom is 0.305 e. The van der Waals surface area contributed by atoms with Crippen molar-refractivity contribution in [2.75, 3.05) is 26.4 Å². The molecule has 0 aromatic heterocycles. The van der Waals surface area contributed by atoms with Gasteiger partial charge in [-0.15, -0.1) is 0 Å². The van der Waals surface area contributed by atoms with Crippen molar-refractivity contribution in [2.24, 2.45) is 0 Å². The van der Waals surface area contributed by atoms with Crippen molar-refractivity contribution in [1.82, 2.24) is 0 Å². The van der Waals surface area contributed by atoms with Gasteiger partial charge in [-0.2, -0.15) is 0 Å². The first-order valence-electron chi connectivity index (χ1n) is 21.4. The average Bonchev–Trinajstić information content (AvgIpc) is 3.11. The van der Waals surface area contributed by atoms with Gasteiger partial charge in [-0.25, -0.2) is 0 Å². The first kappa shape index (κ1) is 49.7. The van der Waals surface area contributed by atoms with Crippen LogP contribution in [0.1, 0.15) is 206 Å². The highest BCUT2D eigenvalue weighted by Crippen LogP contribution is 2.16. The molecule has 0 aromatic rings. The van der Waals surface area contributed by atoms with E-state index in [1.54, 1.807) is 0 Å². The van der Waals surface area contributed by atoms with Crippen LogP contribution in [0.3, 0.4) is 0 Å². The van der Waals surface area contributed by atoms with E-state index in [4.69, 9.17) is 14.2 Å². The van der Waals surface area contributed by atoms with Crippen molar-refractivity contribution in [1.29, 1.82) is 0 Å². The third kappa shape index (κ3) is 38.3. The van der Waals surface area contributed by atoms with E-state index in [0.717, 1.165) is 103 Å². The zero-order valence-corrected chi connectivity index (χ0v) is 33.2. The van der Waals surface area contributed by atoms with Crippen LogP contribution in [0.4, 0.5) is 0 Å². The number of hydrogen-bond acceptors (Lipinski definition) is 9. The largest absolute Gasteiger partial charge is 0.463 e. The SMILES string of the molecule is CCCCCCC(O)CCCCCCCCCCC(=O)OCC(O)COCC(O)COC(=O)CCCCCCCCCCC(O)CCCCCC. The van der Waals surface area contributed by atoms with Gasteiger partial charge < -0.3 is 34.6 Å². The Kier molecular flexibility index (Phi) is 37.5. The van der Waals surface area contributed by atoms with Crippen molar-refractivity contribution in [3.63, 3.8) is 0 Å². The van der Waals surface area contributed by atoms with E-state index in [9.17, 15) is 30.0 Å². The molecule has 4 N–H and O–H groups in total. The molecule has 304 valence electrons. The van der Waals surface area contributed by atoms with Crippen molar-refractivity contribution < 1.29 is 44.2 Å². The second kappa shape index (κ2) is 38.5. The molecule has 0 rings (SSSR count). The number of unbranched alkanes of at least 4 members (excludes halogenated alkanes) is 20. The van der Waals surface area contributed by atoms with Crippen molar-refractivity contribution in [2.45, 2.75) is 231 Å². The van der Waals surface area contributed by atoms with E-state index < -0.39 is 12.2 Å². The Hall–Kier alpha value is -1.26. The van der Waals surface area contributed by atoms with E-state index >= 15 is 0 Å². The van der Waals surface area contributed by atoms with Gasteiger partial charge in [-0.05, 0) is 38.5 Å². The zero-order chi connectivity index (χ0) is 37.6. The van der Waals surface area contributed by atoms with Gasteiger partial charge in [0.25, 0.3) is 0 Å². The van der Waals surface area contributed by atoms with Crippen molar-refractivity contribution in [3.05, 3.63) is 0 Å². The molecule has 51 heavy (non-hydrogen) atoms. The highest BCUT2D eigenvalue weighted by molar-refractivity contribution is 5.69. The summed E-state index contributed by atoms with van der Waals surface area (Å²) in [6, 6.07) is 0. The number of ether oxygens (including phenoxy) is 3. The molecule has 0 saturated carbocycles. The van der Waals surface area contributed by atoms with E-state index in [-0.39, 0.29) is 50.6 Å². The molecule has 0 radical (unpaired) electrons. The van der Waals surface area contributed by atoms with Crippen LogP contribution in [0.15, 0.2) is 0 Å². The Morgan fingerprint density at radius 1 is 0.373 bits per heavy atom. The molecule has 0 heterocycles. The molecule has 0 aliphatic heterocycles. The third-order valence-corrected chi connectivity index (χ3v) is 9.61. The Labute approximate surface area is 313 Å². The summed E-state index contributed by atoms with van der Waals surface area (Å²) in [6.07, 6.45) is 29.2. The normalized spacial score (nSPS) is 13.9. The van der Waals surface area contributed by atoms with Gasteiger partial charge in [0, 0.05) is 12.8 Å². The predicted molar refractivity (Wildman–Crippen MR) is 207 cm³/mol. The molecule has 0 spiro atoms. The lowest BCUT2D eigenvalue weighted by Gasteiger charge is -2.15. The highest BCUT2D eigenvalue weighted by atomic mass is 16.6. The zero-order valence-electron chi connectivity index (χ0n) is 33.2. The smallest absolute Gasteiger partial charge is 0.305 e. The molecule has 9 nitrogen and oxygen atoms in total. The van der Waals surface area contributed by atoms with Crippen molar-refractivity contribution in [3.8, 4) is 0 Å². The lowest BCUT2D eigenvalue weighted by Crippen LogP contribution is -2.28. The minimum absolute atomic E-state index is 0.0860. The summed E-state index contributed by atoms with van der Waals surface area (Å²) in [5.41, 5.74) is 0. The molecule has 4 atom stereocenters. The number of carbonyl (C=O) groups excluding carboxylic acids is 2. The number of aliphatic hydroxyl groups is 4. The van der Waals surface area contributed by atoms with Gasteiger partial charge in [0.1, 0.15) is 25.4 Å². The minimum Gasteiger partial charge on any atom is -0.463 e. The van der Waals surface area contributed by atoms with Crippen LogP contribution < -0.4 is 0 Å². The van der Waals surface area contributed by atoms with Crippen LogP contribution in [-0.2, 0) is 23.8 Å². The lowest BCUT2D eigenvalue weighted by molar-refractivity contribution is -0.149. The lowest BCUT2D eigenvalue weighted by atomic mass is 10.0. The molecule has 9 heteroatoms. The highest BCUT2D eigenvalue weighted by Gasteiger charge is 2.13. The summed E-state index contributed by atoms with van der Waals surface area (Å²) in [6.45, 7) is 3.93. The summed E-state index contributed by atoms with van der Waals surface area (Å²) >= 11 is 0. The molecule has 0 aromatic carbocycles. The van der Waals surface area contributed by atoms with Crippen LogP contribution in [-0.4, -0.2) is 83.2 Å². The molecule has 0 saturated heterocycles. The fourth-order valence-corrected chi connectivity index (χ4v) is 6.28. The summed E-state index contributed by atoms with van der Waals surface area (Å²) in [5, 5.41) is 40.1. The topological polar surface area (TPSA) is 143 Å². The first-order chi connectivity index (χ1) is 24.8. The molecule has 0 amide bonds. The minimum atomic E-state index is -0.983. The quantitative estimate of drug-likeness (QED) is 0.0358. The number of aliphatic hydroxyl groups excluding tert-OH is 4. The van der Waals surface area contributed by atoms with Crippen LogP contribution in [0.5, 0.6) is 0 Å². The van der Waals surface area contributed by atoms with E-state index in [2.05, 4.69) is 13.8 Å². The van der Waals surface area contributed by atoms with Crippen molar-refractivity contribution >= 4 is 11.9 Å². The van der Waals surface area contributed by atoms with Crippen LogP contribution >= 0.6 is 0 Å². The van der Waals surface area contributed by atoms with E-state index in [1.165, 1.54) is 77.0 Å². The average molecular weight is 731 g/mol. The Bertz CT molecular complexity index is 690. The molecular weight excluding hydrogens is 648 g/mol. The standard InChI is InChI=1S/C42H82O9/c1-3-5-7-21-27-37(43)29-23-17-13-9-11-15-19-25-31-41(47)50-35-39(45)33-49-34-40(46)36-51-42(48)32-26-20-16-12-10-14-18-24-30-38(44)28-22-8-6-4-2/h37-40,43-46H,3-36H2,1-2H3. The molecular formula is C42H82O9. The number of carbonyl (C=O) groups is 2. The first-order valence-corrected chi connectivity index (χ1v) is 21.4. The summed E-state index contributed by atoms with van der Waals surface area (Å²) in [7, 11) is 0. The van der Waals surface area contributed by atoms with Gasteiger partial charge in [-0.1, -0.05) is 155 Å². The second-order valence-corrected chi connectivity index (χ2v) is 15.0. The Balaban J connectivity index is 3.52. The summed E-state index contributed by atoms with van der Waals surface area (Å²) < 4.78 is 15.6. The second-order valence-electron chi connectivity index (χ2n) is 15.0. The molecule has 4 unspecified atom stereocenters. The summed E-state index contributed by atoms with van der Waals surface area (Å²) in [4.78, 5) is 24.0. The third-order valence-electron chi connectivity index (χ3n) is 9.61. The Morgan fingerprint density at radius 3 is 0.961 bits per heavy atom. The Morgan fingerprint density at radius 2 is 0.647 bits per heavy atom. The maximum absolute atomic E-state index is 12.0. The van der Waals surface area contributed by atoms with Gasteiger partial charge in [-0.3, -0.25) is 9.59 Å². The number of hydrogen-bond donors (Lipinski definition) is 4. The van der Waals surface area contributed by atoms with Crippen LogP contribution in [0.2, 0.25) is 0 Å². The molecule has 0 bridgehead atoms. The molecule has 0 fully saturated rings. The molecule has 0 aliphatic rings. The summed E-state index contributed by atoms with van der Waals surface area (Å²) in [5.74, 6) is -0.658. The van der Waals surface area contributed by atoms with Gasteiger partial charge in [0.05, 0.1) is 25.4 Å². The maximum atomic E-state index is 12.0. The molecule has 0 aliphatic carbocycles. The van der Waals surface area contributed by atoms with Gasteiger partial charge in [0.2, 0.25) is 0 Å². The van der Waals surface area contributed by atoms with Crippen LogP contribution in [0.25, 0.3) is 0 Å². The fourth-order valence-electron chi connectivity index (χ4n) is 6.28. The fraction of sp³-hybridized carbons (Fsp3) is 0.952. The van der Waals surface area contributed by atoms with E-state index in [0.29, 0.717) is 12.8 Å². The number of rotatable bonds is 40. The monoisotopic (exact) mass is 731 g/mol. The number of esters is 2. The van der Waals surface area contributed by atoms with Gasteiger partial charge >= 0.3 is 11.9 Å². The van der Waals surface area contributed by atoms with E-state index in [1.807, 2.05) is 0 Å².